The lowest BCUT2D eigenvalue weighted by molar-refractivity contribution is 0.0985. The van der Waals surface area contributed by atoms with Gasteiger partial charge in [0.1, 0.15) is 11.6 Å². The van der Waals surface area contributed by atoms with E-state index in [4.69, 9.17) is 29.5 Å². The van der Waals surface area contributed by atoms with E-state index in [-0.39, 0.29) is 12.1 Å². The minimum Gasteiger partial charge on any atom is -0.481 e. The van der Waals surface area contributed by atoms with Crippen LogP contribution >= 0.6 is 0 Å². The molecule has 3 fully saturated rings. The summed E-state index contributed by atoms with van der Waals surface area (Å²) in [6, 6.07) is 5.95. The van der Waals surface area contributed by atoms with E-state index in [1.165, 1.54) is 0 Å². The first-order chi connectivity index (χ1) is 15.8. The molecule has 1 aliphatic carbocycles. The van der Waals surface area contributed by atoms with Crippen molar-refractivity contribution in [2.24, 2.45) is 4.36 Å². The summed E-state index contributed by atoms with van der Waals surface area (Å²) in [7, 11) is -0.882. The second-order valence-corrected chi connectivity index (χ2v) is 12.2. The van der Waals surface area contributed by atoms with E-state index in [9.17, 15) is 4.21 Å². The number of pyridine rings is 1. The Hall–Kier alpha value is -2.46. The minimum absolute atomic E-state index is 0.170. The van der Waals surface area contributed by atoms with E-state index < -0.39 is 14.5 Å². The molecule has 2 N–H and O–H groups in total. The number of anilines is 2. The highest BCUT2D eigenvalue weighted by atomic mass is 32.2. The van der Waals surface area contributed by atoms with Gasteiger partial charge >= 0.3 is 0 Å². The van der Waals surface area contributed by atoms with Crippen molar-refractivity contribution in [3.05, 3.63) is 23.9 Å². The maximum atomic E-state index is 14.1. The zero-order valence-electron chi connectivity index (χ0n) is 19.5. The van der Waals surface area contributed by atoms with E-state index in [0.717, 1.165) is 49.3 Å². The molecule has 2 aliphatic heterocycles. The van der Waals surface area contributed by atoms with E-state index in [1.807, 2.05) is 6.07 Å². The fourth-order valence-corrected chi connectivity index (χ4v) is 7.59. The molecule has 178 valence electrons. The molecule has 33 heavy (non-hydrogen) atoms. The molecule has 0 radical (unpaired) electrons. The van der Waals surface area contributed by atoms with E-state index in [1.54, 1.807) is 19.2 Å². The number of hydrogen-bond donors (Lipinski definition) is 1. The maximum absolute atomic E-state index is 14.1. The van der Waals surface area contributed by atoms with Gasteiger partial charge in [0, 0.05) is 30.0 Å². The Bertz CT molecular complexity index is 1180. The highest BCUT2D eigenvalue weighted by Gasteiger charge is 2.46. The third kappa shape index (κ3) is 4.14. The number of nitrogens with zero attached hydrogens (tertiary/aromatic N) is 5. The first-order valence-electron chi connectivity index (χ1n) is 11.6. The Morgan fingerprint density at radius 3 is 2.82 bits per heavy atom. The predicted molar refractivity (Wildman–Crippen MR) is 129 cm³/mol. The van der Waals surface area contributed by atoms with Crippen molar-refractivity contribution in [1.29, 1.82) is 0 Å². The number of rotatable bonds is 5. The van der Waals surface area contributed by atoms with Gasteiger partial charge in [-0.05, 0) is 45.6 Å². The van der Waals surface area contributed by atoms with E-state index in [2.05, 4.69) is 23.7 Å². The molecule has 2 aromatic rings. The quantitative estimate of drug-likeness (QED) is 0.706. The summed E-state index contributed by atoms with van der Waals surface area (Å²) in [5, 5.41) is 0. The normalized spacial score (nSPS) is 29.8. The van der Waals surface area contributed by atoms with Crippen molar-refractivity contribution < 1.29 is 13.7 Å². The lowest BCUT2D eigenvalue weighted by Gasteiger charge is -2.35. The smallest absolute Gasteiger partial charge is 0.215 e. The molecule has 1 saturated carbocycles. The molecule has 5 rings (SSSR count). The number of ether oxygens (including phenoxy) is 2. The SMILES string of the molecule is COc1cc(-c2nc(N3CCOC[C@H]3C)cc([C@@]3(C)CCCS3(=O)=NC3CC3)n2)cc(N)n1. The molecule has 3 atom stereocenters. The van der Waals surface area contributed by atoms with Crippen LogP contribution < -0.4 is 15.4 Å². The monoisotopic (exact) mass is 472 g/mol. The molecule has 2 aromatic heterocycles. The average Bonchev–Trinajstić information content (AvgIpc) is 3.56. The summed E-state index contributed by atoms with van der Waals surface area (Å²) < 4.78 is 29.3. The summed E-state index contributed by atoms with van der Waals surface area (Å²) in [4.78, 5) is 16.3. The average molecular weight is 473 g/mol. The number of nitrogen functional groups attached to an aromatic ring is 1. The Morgan fingerprint density at radius 1 is 1.27 bits per heavy atom. The fourth-order valence-electron chi connectivity index (χ4n) is 4.68. The largest absolute Gasteiger partial charge is 0.481 e. The van der Waals surface area contributed by atoms with E-state index in [0.29, 0.717) is 36.5 Å². The second-order valence-electron chi connectivity index (χ2n) is 9.39. The molecule has 4 heterocycles. The highest BCUT2D eigenvalue weighted by Crippen LogP contribution is 2.45. The van der Waals surface area contributed by atoms with Gasteiger partial charge in [0.25, 0.3) is 0 Å². The van der Waals surface area contributed by atoms with E-state index >= 15 is 0 Å². The maximum Gasteiger partial charge on any atom is 0.215 e. The van der Waals surface area contributed by atoms with Crippen LogP contribution in [0.25, 0.3) is 11.4 Å². The van der Waals surface area contributed by atoms with Crippen molar-refractivity contribution in [1.82, 2.24) is 15.0 Å². The summed E-state index contributed by atoms with van der Waals surface area (Å²) in [5.74, 6) is 2.69. The van der Waals surface area contributed by atoms with Crippen LogP contribution in [0.4, 0.5) is 11.6 Å². The number of methoxy groups -OCH3 is 1. The number of aromatic nitrogens is 3. The van der Waals surface area contributed by atoms with Gasteiger partial charge in [0.05, 0.1) is 52.6 Å². The van der Waals surface area contributed by atoms with Crippen molar-refractivity contribution in [3.63, 3.8) is 0 Å². The lowest BCUT2D eigenvalue weighted by atomic mass is 10.0. The van der Waals surface area contributed by atoms with Crippen LogP contribution in [0.15, 0.2) is 22.6 Å². The molecular formula is C23H32N6O3S. The van der Waals surface area contributed by atoms with Crippen LogP contribution in [0.5, 0.6) is 5.88 Å². The molecule has 10 heteroatoms. The van der Waals surface area contributed by atoms with Gasteiger partial charge in [0.2, 0.25) is 5.88 Å². The molecule has 0 bridgehead atoms. The number of hydrogen-bond acceptors (Lipinski definition) is 9. The van der Waals surface area contributed by atoms with Gasteiger partial charge in [-0.1, -0.05) is 0 Å². The molecule has 3 aliphatic rings. The molecule has 0 amide bonds. The van der Waals surface area contributed by atoms with Crippen LogP contribution in [-0.2, 0) is 19.2 Å². The van der Waals surface area contributed by atoms with Gasteiger partial charge in [-0.3, -0.25) is 0 Å². The molecular weight excluding hydrogens is 440 g/mol. The summed E-state index contributed by atoms with van der Waals surface area (Å²) in [6.07, 6.45) is 3.74. The van der Waals surface area contributed by atoms with Gasteiger partial charge < -0.3 is 20.1 Å². The zero-order chi connectivity index (χ0) is 23.2. The fraction of sp³-hybridized carbons (Fsp3) is 0.609. The third-order valence-corrected chi connectivity index (χ3v) is 10.2. The highest BCUT2D eigenvalue weighted by molar-refractivity contribution is 7.94. The van der Waals surface area contributed by atoms with Crippen molar-refractivity contribution in [3.8, 4) is 17.3 Å². The summed E-state index contributed by atoms with van der Waals surface area (Å²) in [6.45, 7) is 6.19. The Morgan fingerprint density at radius 2 is 2.09 bits per heavy atom. The first kappa shape index (κ1) is 22.3. The van der Waals surface area contributed by atoms with Crippen molar-refractivity contribution in [2.75, 3.05) is 43.3 Å². The Kier molecular flexibility index (Phi) is 5.68. The Balaban J connectivity index is 1.68. The van der Waals surface area contributed by atoms with Gasteiger partial charge in [-0.25, -0.2) is 18.5 Å². The number of nitrogens with two attached hydrogens (primary N) is 1. The molecule has 1 unspecified atom stereocenters. The van der Waals surface area contributed by atoms with Crippen LogP contribution in [0.1, 0.15) is 45.2 Å². The van der Waals surface area contributed by atoms with Crippen LogP contribution in [-0.4, -0.2) is 63.9 Å². The van der Waals surface area contributed by atoms with Crippen molar-refractivity contribution >= 4 is 21.4 Å². The van der Waals surface area contributed by atoms with Gasteiger partial charge in [0.15, 0.2) is 5.82 Å². The lowest BCUT2D eigenvalue weighted by Crippen LogP contribution is -2.44. The summed E-state index contributed by atoms with van der Waals surface area (Å²) >= 11 is 0. The molecule has 9 nitrogen and oxygen atoms in total. The molecule has 0 spiro atoms. The zero-order valence-corrected chi connectivity index (χ0v) is 20.3. The number of morpholine rings is 1. The van der Waals surface area contributed by atoms with Crippen LogP contribution in [0, 0.1) is 0 Å². The predicted octanol–water partition coefficient (Wildman–Crippen LogP) is 2.99. The molecule has 2 saturated heterocycles. The first-order valence-corrected chi connectivity index (χ1v) is 13.3. The van der Waals surface area contributed by atoms with Crippen molar-refractivity contribution in [2.45, 2.75) is 56.4 Å². The van der Waals surface area contributed by atoms with Gasteiger partial charge in [-0.2, -0.15) is 4.98 Å². The molecule has 0 aromatic carbocycles. The minimum atomic E-state index is -2.44. The van der Waals surface area contributed by atoms with Crippen LogP contribution in [0.3, 0.4) is 0 Å². The Labute approximate surface area is 195 Å². The topological polar surface area (TPSA) is 116 Å². The second kappa shape index (κ2) is 8.39. The summed E-state index contributed by atoms with van der Waals surface area (Å²) in [5.41, 5.74) is 7.53. The van der Waals surface area contributed by atoms with Gasteiger partial charge in [-0.15, -0.1) is 0 Å². The van der Waals surface area contributed by atoms with Crippen LogP contribution in [0.2, 0.25) is 0 Å². The standard InChI is InChI=1S/C23H32N6O3S/c1-15-14-32-9-8-29(15)20-13-18(23(2)7-4-10-33(23,30)28-17-5-6-17)25-22(27-20)16-11-19(24)26-21(12-16)31-3/h11-13,15,17H,4-10,14H2,1-3H3,(H2,24,26)/t15-,23-,33?/m1/s1. The third-order valence-electron chi connectivity index (χ3n) is 6.85.